The third-order valence-corrected chi connectivity index (χ3v) is 3.96. The van der Waals surface area contributed by atoms with E-state index in [0.717, 1.165) is 0 Å². The van der Waals surface area contributed by atoms with Crippen LogP contribution < -0.4 is 10.6 Å². The minimum Gasteiger partial charge on any atom is -0.354 e. The standard InChI is InChI=1S/C18H12Cl2FN3O/c19-14-2-1-3-15(20)17(14)24-18(25)16-9-8-13(10-22-16)23-12-6-4-11(21)5-7-12/h1-10,23H,(H,24,25). The average molecular weight is 376 g/mol. The van der Waals surface area contributed by atoms with Crippen molar-refractivity contribution in [1.82, 2.24) is 4.98 Å². The van der Waals surface area contributed by atoms with Gasteiger partial charge in [0.2, 0.25) is 0 Å². The van der Waals surface area contributed by atoms with Gasteiger partial charge in [0.1, 0.15) is 11.5 Å². The second-order valence-corrected chi connectivity index (χ2v) is 5.93. The number of hydrogen-bond acceptors (Lipinski definition) is 3. The van der Waals surface area contributed by atoms with Crippen LogP contribution in [0.3, 0.4) is 0 Å². The van der Waals surface area contributed by atoms with E-state index in [-0.39, 0.29) is 11.5 Å². The highest BCUT2D eigenvalue weighted by molar-refractivity contribution is 6.40. The number of amides is 1. The predicted molar refractivity (Wildman–Crippen MR) is 98.3 cm³/mol. The van der Waals surface area contributed by atoms with E-state index < -0.39 is 5.91 Å². The zero-order chi connectivity index (χ0) is 17.8. The van der Waals surface area contributed by atoms with Gasteiger partial charge >= 0.3 is 0 Å². The second kappa shape index (κ2) is 7.51. The molecule has 0 saturated heterocycles. The molecule has 0 spiro atoms. The van der Waals surface area contributed by atoms with Crippen LogP contribution in [0.25, 0.3) is 0 Å². The summed E-state index contributed by atoms with van der Waals surface area (Å²) in [6.45, 7) is 0. The van der Waals surface area contributed by atoms with Crippen LogP contribution in [0.1, 0.15) is 10.5 Å². The summed E-state index contributed by atoms with van der Waals surface area (Å²) in [6, 6.07) is 14.1. The number of rotatable bonds is 4. The quantitative estimate of drug-likeness (QED) is 0.630. The van der Waals surface area contributed by atoms with Gasteiger partial charge in [-0.25, -0.2) is 9.37 Å². The Balaban J connectivity index is 1.71. The number of anilines is 3. The molecule has 2 aromatic carbocycles. The molecule has 0 aliphatic heterocycles. The molecule has 3 rings (SSSR count). The summed E-state index contributed by atoms with van der Waals surface area (Å²) in [5.41, 5.74) is 1.92. The SMILES string of the molecule is O=C(Nc1c(Cl)cccc1Cl)c1ccc(Nc2ccc(F)cc2)cn1. The lowest BCUT2D eigenvalue weighted by Gasteiger charge is -2.09. The van der Waals surface area contributed by atoms with E-state index in [4.69, 9.17) is 23.2 Å². The average Bonchev–Trinajstić information content (AvgIpc) is 2.61. The topological polar surface area (TPSA) is 54.0 Å². The summed E-state index contributed by atoms with van der Waals surface area (Å²) >= 11 is 12.1. The molecule has 0 aliphatic carbocycles. The Labute approximate surface area is 153 Å². The Hall–Kier alpha value is -2.63. The number of pyridine rings is 1. The van der Waals surface area contributed by atoms with Crippen LogP contribution in [-0.4, -0.2) is 10.9 Å². The summed E-state index contributed by atoms with van der Waals surface area (Å²) in [5, 5.41) is 6.39. The van der Waals surface area contributed by atoms with E-state index in [0.29, 0.717) is 27.1 Å². The summed E-state index contributed by atoms with van der Waals surface area (Å²) < 4.78 is 12.9. The fourth-order valence-electron chi connectivity index (χ4n) is 2.10. The zero-order valence-electron chi connectivity index (χ0n) is 12.8. The summed E-state index contributed by atoms with van der Waals surface area (Å²) in [6.07, 6.45) is 1.51. The molecule has 1 heterocycles. The van der Waals surface area contributed by atoms with Crippen molar-refractivity contribution in [2.45, 2.75) is 0 Å². The Kier molecular flexibility index (Phi) is 5.16. The first kappa shape index (κ1) is 17.2. The van der Waals surface area contributed by atoms with Crippen molar-refractivity contribution in [3.05, 3.63) is 82.4 Å². The van der Waals surface area contributed by atoms with Crippen molar-refractivity contribution in [3.8, 4) is 0 Å². The minimum atomic E-state index is -0.427. The number of para-hydroxylation sites is 1. The number of benzene rings is 2. The fraction of sp³-hybridized carbons (Fsp3) is 0. The van der Waals surface area contributed by atoms with E-state index in [9.17, 15) is 9.18 Å². The van der Waals surface area contributed by atoms with Crippen LogP contribution in [-0.2, 0) is 0 Å². The van der Waals surface area contributed by atoms with Crippen molar-refractivity contribution in [2.24, 2.45) is 0 Å². The van der Waals surface area contributed by atoms with Crippen LogP contribution in [0.2, 0.25) is 10.0 Å². The first-order chi connectivity index (χ1) is 12.0. The molecule has 3 aromatic rings. The van der Waals surface area contributed by atoms with Crippen LogP contribution in [0, 0.1) is 5.82 Å². The molecule has 1 aromatic heterocycles. The zero-order valence-corrected chi connectivity index (χ0v) is 14.3. The van der Waals surface area contributed by atoms with E-state index >= 15 is 0 Å². The number of aromatic nitrogens is 1. The van der Waals surface area contributed by atoms with Gasteiger partial charge in [-0.05, 0) is 48.5 Å². The molecular formula is C18H12Cl2FN3O. The van der Waals surface area contributed by atoms with Crippen LogP contribution in [0.4, 0.5) is 21.5 Å². The Morgan fingerprint density at radius 1 is 0.920 bits per heavy atom. The smallest absolute Gasteiger partial charge is 0.274 e. The second-order valence-electron chi connectivity index (χ2n) is 5.11. The highest BCUT2D eigenvalue weighted by atomic mass is 35.5. The first-order valence-corrected chi connectivity index (χ1v) is 8.02. The summed E-state index contributed by atoms with van der Waals surface area (Å²) in [4.78, 5) is 16.4. The van der Waals surface area contributed by atoms with Crippen LogP contribution >= 0.6 is 23.2 Å². The molecule has 0 atom stereocenters. The molecule has 0 fully saturated rings. The maximum absolute atomic E-state index is 12.9. The van der Waals surface area contributed by atoms with E-state index in [1.54, 1.807) is 42.5 Å². The molecule has 0 bridgehead atoms. The maximum atomic E-state index is 12.9. The number of carbonyl (C=O) groups is 1. The fourth-order valence-corrected chi connectivity index (χ4v) is 2.59. The predicted octanol–water partition coefficient (Wildman–Crippen LogP) is 5.52. The molecule has 0 radical (unpaired) electrons. The third-order valence-electron chi connectivity index (χ3n) is 3.33. The largest absolute Gasteiger partial charge is 0.354 e. The highest BCUT2D eigenvalue weighted by Gasteiger charge is 2.12. The van der Waals surface area contributed by atoms with Gasteiger partial charge in [-0.1, -0.05) is 29.3 Å². The van der Waals surface area contributed by atoms with Gasteiger partial charge in [0.15, 0.2) is 0 Å². The molecule has 1 amide bonds. The summed E-state index contributed by atoms with van der Waals surface area (Å²) in [7, 11) is 0. The van der Waals surface area contributed by atoms with Gasteiger partial charge in [-0.3, -0.25) is 4.79 Å². The lowest BCUT2D eigenvalue weighted by Crippen LogP contribution is -2.14. The molecule has 2 N–H and O–H groups in total. The number of nitrogens with zero attached hydrogens (tertiary/aromatic N) is 1. The first-order valence-electron chi connectivity index (χ1n) is 7.27. The number of halogens is 3. The van der Waals surface area contributed by atoms with Gasteiger partial charge in [-0.15, -0.1) is 0 Å². The number of nitrogens with one attached hydrogen (secondary N) is 2. The normalized spacial score (nSPS) is 10.4. The van der Waals surface area contributed by atoms with Crippen molar-refractivity contribution in [2.75, 3.05) is 10.6 Å². The molecule has 4 nitrogen and oxygen atoms in total. The molecule has 126 valence electrons. The lowest BCUT2D eigenvalue weighted by atomic mass is 10.2. The van der Waals surface area contributed by atoms with Gasteiger partial charge in [0.25, 0.3) is 5.91 Å². The van der Waals surface area contributed by atoms with Gasteiger partial charge < -0.3 is 10.6 Å². The molecule has 0 unspecified atom stereocenters. The molecule has 0 aliphatic rings. The Morgan fingerprint density at radius 2 is 1.56 bits per heavy atom. The lowest BCUT2D eigenvalue weighted by molar-refractivity contribution is 0.102. The molecule has 0 saturated carbocycles. The van der Waals surface area contributed by atoms with Gasteiger partial charge in [0, 0.05) is 5.69 Å². The van der Waals surface area contributed by atoms with E-state index in [2.05, 4.69) is 15.6 Å². The molecular weight excluding hydrogens is 364 g/mol. The Morgan fingerprint density at radius 3 is 2.16 bits per heavy atom. The van der Waals surface area contributed by atoms with Crippen molar-refractivity contribution < 1.29 is 9.18 Å². The number of hydrogen-bond donors (Lipinski definition) is 2. The van der Waals surface area contributed by atoms with Crippen molar-refractivity contribution >= 4 is 46.2 Å². The molecule has 7 heteroatoms. The Bertz CT molecular complexity index is 879. The van der Waals surface area contributed by atoms with Crippen molar-refractivity contribution in [1.29, 1.82) is 0 Å². The summed E-state index contributed by atoms with van der Waals surface area (Å²) in [5.74, 6) is -0.739. The van der Waals surface area contributed by atoms with E-state index in [1.807, 2.05) is 0 Å². The minimum absolute atomic E-state index is 0.209. The van der Waals surface area contributed by atoms with Gasteiger partial charge in [0.05, 0.1) is 27.6 Å². The van der Waals surface area contributed by atoms with Crippen LogP contribution in [0.5, 0.6) is 0 Å². The maximum Gasteiger partial charge on any atom is 0.274 e. The highest BCUT2D eigenvalue weighted by Crippen LogP contribution is 2.30. The van der Waals surface area contributed by atoms with Crippen LogP contribution in [0.15, 0.2) is 60.8 Å². The number of carbonyl (C=O) groups excluding carboxylic acids is 1. The molecule has 25 heavy (non-hydrogen) atoms. The third kappa shape index (κ3) is 4.26. The van der Waals surface area contributed by atoms with Gasteiger partial charge in [-0.2, -0.15) is 0 Å². The van der Waals surface area contributed by atoms with E-state index in [1.165, 1.54) is 18.3 Å². The van der Waals surface area contributed by atoms with Crippen molar-refractivity contribution in [3.63, 3.8) is 0 Å². The monoisotopic (exact) mass is 375 g/mol.